The van der Waals surface area contributed by atoms with Crippen molar-refractivity contribution in [1.29, 1.82) is 0 Å². The monoisotopic (exact) mass is 1250 g/mol. The number of hydrogen-bond acceptors (Lipinski definition) is 26. The minimum absolute atomic E-state index is 0. The molecule has 30 nitrogen and oxygen atoms in total. The van der Waals surface area contributed by atoms with Crippen LogP contribution in [-0.2, 0) is 42.3 Å². The Morgan fingerprint density at radius 1 is 0.711 bits per heavy atom. The standard InChI is InChI=1S/C21H30N7O6P.C11H16N6O4.C10H15ClNO2P.C4H9.2CO2.ClH.Mg/c1-4-12(2)27-35(31,34-13-8-6-5-7-9-13)32-10-14-16(29)21(3,30)19(33-14)28-11-24-15-17(22)25-20(23)26-18(15)28;1-11(20)6(19)4(2-18)21-9(11)17-3-14-5-7(12)15-10(13)16-8(5)17;1-3-9(2)12-15(11,13)14-10-7-5-4-6-8-10;1-4(2)3;2*2-1-3;;/h5-9,11-12,14,16,19,29-30H,4,10H2,1-3H3,(H,27,31)(H4,22,23,25,26);3-4,6,9,18-20H,2H2,1H3,(H4,12,13,15,16);4-9H,3H2,1-2H3,(H,12,13);1-3H3;;;1H;/q;;;-1;;;;+2/p-1/t12-,14+,16?,19+,21+,35?;4-,6?,9-,11-;9-,15?;;;;;/m010...../s1. The first-order valence-corrected chi connectivity index (χ1v) is 28.6. The van der Waals surface area contributed by atoms with E-state index in [-0.39, 0.29) is 107 Å². The van der Waals surface area contributed by atoms with Crippen LogP contribution in [0.25, 0.3) is 22.3 Å². The molecule has 6 aromatic rings. The number of ether oxygens (including phenoxy) is 2. The van der Waals surface area contributed by atoms with Crippen molar-refractivity contribution in [2.75, 3.05) is 36.1 Å². The topological polar surface area (TPSA) is 465 Å². The van der Waals surface area contributed by atoms with Crippen molar-refractivity contribution < 1.29 is 89.3 Å². The first-order chi connectivity index (χ1) is 38.0. The fourth-order valence-electron chi connectivity index (χ4n) is 7.26. The molecule has 454 valence electrons. The summed E-state index contributed by atoms with van der Waals surface area (Å²) in [5, 5.41) is 57.3. The molecule has 2 aromatic carbocycles. The quantitative estimate of drug-likeness (QED) is 0.0356. The fraction of sp³-hybridized carbons (Fsp3) is 0.479. The molecule has 35 heteroatoms. The number of nitrogen functional groups attached to an aromatic ring is 4. The number of aromatic nitrogens is 8. The van der Waals surface area contributed by atoms with Crippen LogP contribution in [0.3, 0.4) is 0 Å². The van der Waals surface area contributed by atoms with Crippen LogP contribution in [0.15, 0.2) is 73.3 Å². The van der Waals surface area contributed by atoms with Gasteiger partial charge in [-0.15, -0.1) is 0 Å². The Kier molecular flexibility index (Phi) is 31.4. The van der Waals surface area contributed by atoms with Gasteiger partial charge in [-0.25, -0.2) is 29.3 Å². The summed E-state index contributed by atoms with van der Waals surface area (Å²) in [7, 11) is -3.86. The van der Waals surface area contributed by atoms with Crippen LogP contribution in [0.4, 0.5) is 23.5 Å². The Labute approximate surface area is 505 Å². The molecule has 0 radical (unpaired) electrons. The summed E-state index contributed by atoms with van der Waals surface area (Å²) in [6.45, 7) is 12.7. The Hall–Kier alpha value is -5.49. The van der Waals surface area contributed by atoms with Crippen molar-refractivity contribution in [3.8, 4) is 11.5 Å². The summed E-state index contributed by atoms with van der Waals surface area (Å²) < 4.78 is 56.1. The number of carbonyl (C=O) groups excluding carboxylic acids is 4. The van der Waals surface area contributed by atoms with E-state index in [1.165, 1.54) is 41.6 Å². The van der Waals surface area contributed by atoms with E-state index in [9.17, 15) is 34.7 Å². The number of aliphatic hydroxyl groups excluding tert-OH is 3. The minimum atomic E-state index is -3.86. The maximum absolute atomic E-state index is 13.5. The number of benzene rings is 2. The largest absolute Gasteiger partial charge is 2.00 e. The molecule has 0 aliphatic carbocycles. The summed E-state index contributed by atoms with van der Waals surface area (Å²) in [5.74, 6) is 2.33. The zero-order chi connectivity index (χ0) is 61.0. The molecule has 0 spiro atoms. The third kappa shape index (κ3) is 21.5. The van der Waals surface area contributed by atoms with Crippen molar-refractivity contribution in [1.82, 2.24) is 49.2 Å². The second-order valence-electron chi connectivity index (χ2n) is 18.8. The molecule has 2 aliphatic rings. The van der Waals surface area contributed by atoms with E-state index in [1.54, 1.807) is 54.6 Å². The molecule has 0 amide bonds. The van der Waals surface area contributed by atoms with Crippen LogP contribution in [0.5, 0.6) is 11.5 Å². The van der Waals surface area contributed by atoms with Crippen LogP contribution >= 0.6 is 25.9 Å². The third-order valence-corrected chi connectivity index (χ3v) is 14.8. The Morgan fingerprint density at radius 3 is 1.45 bits per heavy atom. The van der Waals surface area contributed by atoms with Crippen LogP contribution < -0.4 is 54.6 Å². The molecule has 0 saturated carbocycles. The molecule has 6 heterocycles. The predicted molar refractivity (Wildman–Crippen MR) is 299 cm³/mol. The molecule has 8 rings (SSSR count). The van der Waals surface area contributed by atoms with E-state index in [0.29, 0.717) is 23.4 Å². The summed E-state index contributed by atoms with van der Waals surface area (Å²) in [6.07, 6.45) is -2.03. The van der Waals surface area contributed by atoms with Gasteiger partial charge < -0.3 is 85.3 Å². The van der Waals surface area contributed by atoms with Crippen LogP contribution in [0.2, 0.25) is 0 Å². The van der Waals surface area contributed by atoms with Gasteiger partial charge in [0, 0.05) is 23.3 Å². The molecule has 12 atom stereocenters. The average molecular weight is 1260 g/mol. The summed E-state index contributed by atoms with van der Waals surface area (Å²) in [4.78, 5) is 56.6. The number of nitrogens with zero attached hydrogens (tertiary/aromatic N) is 8. The van der Waals surface area contributed by atoms with Gasteiger partial charge >= 0.3 is 50.0 Å². The third-order valence-electron chi connectivity index (χ3n) is 11.4. The summed E-state index contributed by atoms with van der Waals surface area (Å²) >= 11 is 5.77. The molecule has 83 heavy (non-hydrogen) atoms. The number of hydrogen-bond donors (Lipinski definition) is 11. The molecule has 4 aromatic heterocycles. The van der Waals surface area contributed by atoms with E-state index < -0.39 is 69.3 Å². The van der Waals surface area contributed by atoms with Gasteiger partial charge in [-0.05, 0) is 64.8 Å². The number of nitrogens with one attached hydrogen (secondary N) is 2. The molecule has 2 saturated heterocycles. The van der Waals surface area contributed by atoms with Gasteiger partial charge in [-0.1, -0.05) is 50.2 Å². The normalized spacial score (nSPS) is 23.4. The van der Waals surface area contributed by atoms with Gasteiger partial charge in [0.2, 0.25) is 11.9 Å². The number of imidazole rings is 2. The van der Waals surface area contributed by atoms with E-state index in [2.05, 4.69) is 60.8 Å². The van der Waals surface area contributed by atoms with Gasteiger partial charge in [0.15, 0.2) is 35.4 Å². The van der Waals surface area contributed by atoms with Crippen molar-refractivity contribution in [2.45, 2.75) is 135 Å². The van der Waals surface area contributed by atoms with Crippen LogP contribution in [0, 0.1) is 5.92 Å². The van der Waals surface area contributed by atoms with Crippen molar-refractivity contribution >= 4 is 107 Å². The first-order valence-electron chi connectivity index (χ1n) is 24.6. The number of anilines is 4. The number of rotatable bonds is 16. The van der Waals surface area contributed by atoms with Gasteiger partial charge in [0.05, 0.1) is 25.9 Å². The number of halogens is 2. The maximum Gasteiger partial charge on any atom is 2.00 e. The smallest absolute Gasteiger partial charge is 1.00 e. The second kappa shape index (κ2) is 34.5. The summed E-state index contributed by atoms with van der Waals surface area (Å²) in [6, 6.07) is 17.4. The Balaban J connectivity index is 0.000000611. The molecule has 15 N–H and O–H groups in total. The number of fused-ring (bicyclic) bond motifs is 2. The number of nitrogens with two attached hydrogens (primary N) is 4. The van der Waals surface area contributed by atoms with Crippen LogP contribution in [-0.4, -0.2) is 161 Å². The molecular weight excluding hydrogens is 1190 g/mol. The average Bonchev–Trinajstić information content (AvgIpc) is 4.15. The Bertz CT molecular complexity index is 3080. The van der Waals surface area contributed by atoms with Gasteiger partial charge in [0.1, 0.15) is 58.2 Å². The number of para-hydroxylation sites is 2. The van der Waals surface area contributed by atoms with Gasteiger partial charge in [-0.2, -0.15) is 59.9 Å². The zero-order valence-electron chi connectivity index (χ0n) is 46.8. The maximum atomic E-state index is 13.5. The molecule has 2 aliphatic heterocycles. The second-order valence-corrected chi connectivity index (χ2v) is 23.2. The minimum Gasteiger partial charge on any atom is -1.00 e. The fourth-order valence-corrected chi connectivity index (χ4v) is 10.8. The van der Waals surface area contributed by atoms with Gasteiger partial charge in [0.25, 0.3) is 0 Å². The van der Waals surface area contributed by atoms with Crippen molar-refractivity contribution in [3.05, 3.63) is 79.2 Å². The van der Waals surface area contributed by atoms with E-state index >= 15 is 0 Å². The molecule has 2 fully saturated rings. The zero-order valence-corrected chi connectivity index (χ0v) is 51.6. The summed E-state index contributed by atoms with van der Waals surface area (Å²) in [5.41, 5.74) is 20.5. The van der Waals surface area contributed by atoms with Crippen molar-refractivity contribution in [3.63, 3.8) is 0 Å². The van der Waals surface area contributed by atoms with E-state index in [0.717, 1.165) is 6.42 Å². The SMILES string of the molecule is CC[C@H](C)NP(=O)(Cl)Oc1ccccc1.CC[C@H](C)NP(=O)(OC[C@H]1O[C@@H](n2cnc3c(N)nc(N)nc32)[C@](C)(O)C1O)Oc1ccccc1.C[C-](C)C.C[C@@]1(O)C(O)[C@@H](CO)O[C@H]1n1cnc2c(N)nc(N)nc21.O=C=O.O=C=O.[Cl-].[Mg+2]. The Morgan fingerprint density at radius 2 is 1.07 bits per heavy atom. The van der Waals surface area contributed by atoms with Crippen LogP contribution in [0.1, 0.15) is 87.6 Å². The van der Waals surface area contributed by atoms with E-state index in [4.69, 9.17) is 76.4 Å². The number of aliphatic hydroxyl groups is 5. The molecule has 4 unspecified atom stereocenters. The van der Waals surface area contributed by atoms with E-state index in [1.807, 2.05) is 33.8 Å². The molecule has 0 bridgehead atoms. The predicted octanol–water partition coefficient (Wildman–Crippen LogP) is 0.461. The van der Waals surface area contributed by atoms with Crippen molar-refractivity contribution in [2.24, 2.45) is 0 Å². The first kappa shape index (κ1) is 75.5. The molecular formula is C48H70Cl2MgN14O16P2. The van der Waals surface area contributed by atoms with Gasteiger partial charge in [-0.3, -0.25) is 13.7 Å².